The molecule has 0 aliphatic heterocycles. The van der Waals surface area contributed by atoms with Gasteiger partial charge in [-0.05, 0) is 13.0 Å². The van der Waals surface area contributed by atoms with E-state index in [2.05, 4.69) is 15.3 Å². The van der Waals surface area contributed by atoms with Crippen LogP contribution in [0, 0.1) is 12.9 Å². The zero-order valence-corrected chi connectivity index (χ0v) is 9.02. The summed E-state index contributed by atoms with van der Waals surface area (Å²) in [6.45, 7) is 3.47. The molecule has 2 aromatic rings. The van der Waals surface area contributed by atoms with Crippen molar-refractivity contribution in [1.29, 1.82) is 0 Å². The van der Waals surface area contributed by atoms with Gasteiger partial charge >= 0.3 is 0 Å². The van der Waals surface area contributed by atoms with E-state index in [1.807, 2.05) is 17.7 Å². The highest BCUT2D eigenvalue weighted by Crippen LogP contribution is 2.06. The lowest BCUT2D eigenvalue weighted by Crippen LogP contribution is -2.11. The number of nitrogens with zero attached hydrogens (tertiary/aromatic N) is 3. The number of anilines is 1. The van der Waals surface area contributed by atoms with E-state index in [0.29, 0.717) is 0 Å². The SMILES string of the molecule is Cc1nccn1CCNc1ccnc(F)c1. The predicted molar refractivity (Wildman–Crippen MR) is 59.6 cm³/mol. The van der Waals surface area contributed by atoms with Crippen LogP contribution in [-0.2, 0) is 6.54 Å². The molecule has 0 unspecified atom stereocenters. The molecule has 0 fully saturated rings. The van der Waals surface area contributed by atoms with Gasteiger partial charge in [0, 0.05) is 43.4 Å². The van der Waals surface area contributed by atoms with Crippen molar-refractivity contribution in [1.82, 2.24) is 14.5 Å². The summed E-state index contributed by atoms with van der Waals surface area (Å²) < 4.78 is 14.8. The van der Waals surface area contributed by atoms with E-state index in [4.69, 9.17) is 0 Å². The Kier molecular flexibility index (Phi) is 3.14. The number of aryl methyl sites for hydroxylation is 1. The largest absolute Gasteiger partial charge is 0.383 e. The molecule has 84 valence electrons. The van der Waals surface area contributed by atoms with E-state index in [-0.39, 0.29) is 0 Å². The summed E-state index contributed by atoms with van der Waals surface area (Å²) in [7, 11) is 0. The van der Waals surface area contributed by atoms with Crippen LogP contribution >= 0.6 is 0 Å². The van der Waals surface area contributed by atoms with Gasteiger partial charge in [0.2, 0.25) is 5.95 Å². The van der Waals surface area contributed by atoms with E-state index < -0.39 is 5.95 Å². The highest BCUT2D eigenvalue weighted by Gasteiger charge is 1.97. The molecule has 0 saturated carbocycles. The summed E-state index contributed by atoms with van der Waals surface area (Å²) in [5.74, 6) is 0.506. The second-order valence-corrected chi connectivity index (χ2v) is 3.46. The van der Waals surface area contributed by atoms with Gasteiger partial charge in [-0.15, -0.1) is 0 Å². The van der Waals surface area contributed by atoms with Crippen LogP contribution in [0.1, 0.15) is 5.82 Å². The van der Waals surface area contributed by atoms with Gasteiger partial charge in [-0.1, -0.05) is 0 Å². The summed E-state index contributed by atoms with van der Waals surface area (Å²) in [6.07, 6.45) is 5.13. The monoisotopic (exact) mass is 220 g/mol. The van der Waals surface area contributed by atoms with Crippen molar-refractivity contribution in [3.63, 3.8) is 0 Å². The highest BCUT2D eigenvalue weighted by molar-refractivity contribution is 5.40. The lowest BCUT2D eigenvalue weighted by Gasteiger charge is -2.07. The Morgan fingerprint density at radius 2 is 2.25 bits per heavy atom. The van der Waals surface area contributed by atoms with E-state index >= 15 is 0 Å². The minimum absolute atomic E-state index is 0.469. The average Bonchev–Trinajstić information content (AvgIpc) is 2.65. The Bertz CT molecular complexity index is 467. The van der Waals surface area contributed by atoms with E-state index in [1.165, 1.54) is 12.3 Å². The molecule has 0 spiro atoms. The number of halogens is 1. The zero-order chi connectivity index (χ0) is 11.4. The maximum Gasteiger partial charge on any atom is 0.214 e. The van der Waals surface area contributed by atoms with Gasteiger partial charge < -0.3 is 9.88 Å². The molecule has 2 rings (SSSR count). The molecule has 0 radical (unpaired) electrons. The second kappa shape index (κ2) is 4.74. The first-order valence-corrected chi connectivity index (χ1v) is 5.09. The van der Waals surface area contributed by atoms with E-state index in [9.17, 15) is 4.39 Å². The van der Waals surface area contributed by atoms with Crippen molar-refractivity contribution in [3.8, 4) is 0 Å². The molecule has 2 heterocycles. The van der Waals surface area contributed by atoms with Crippen molar-refractivity contribution in [3.05, 3.63) is 42.5 Å². The summed E-state index contributed by atoms with van der Waals surface area (Å²) in [5.41, 5.74) is 0.741. The predicted octanol–water partition coefficient (Wildman–Crippen LogP) is 1.84. The third kappa shape index (κ3) is 2.56. The fourth-order valence-electron chi connectivity index (χ4n) is 1.47. The number of imidazole rings is 1. The summed E-state index contributed by atoms with van der Waals surface area (Å²) >= 11 is 0. The van der Waals surface area contributed by atoms with Crippen LogP contribution < -0.4 is 5.32 Å². The lowest BCUT2D eigenvalue weighted by molar-refractivity contribution is 0.584. The first-order valence-electron chi connectivity index (χ1n) is 5.09. The first-order chi connectivity index (χ1) is 7.75. The minimum atomic E-state index is -0.469. The van der Waals surface area contributed by atoms with Gasteiger partial charge in [0.15, 0.2) is 0 Å². The summed E-state index contributed by atoms with van der Waals surface area (Å²) in [5, 5.41) is 3.12. The molecule has 1 N–H and O–H groups in total. The molecular formula is C11H13FN4. The number of hydrogen-bond donors (Lipinski definition) is 1. The van der Waals surface area contributed by atoms with Crippen molar-refractivity contribution in [2.24, 2.45) is 0 Å². The normalized spacial score (nSPS) is 10.4. The number of rotatable bonds is 4. The quantitative estimate of drug-likeness (QED) is 0.799. The average molecular weight is 220 g/mol. The molecule has 0 bridgehead atoms. The van der Waals surface area contributed by atoms with Gasteiger partial charge in [0.25, 0.3) is 0 Å². The van der Waals surface area contributed by atoms with Gasteiger partial charge in [0.05, 0.1) is 0 Å². The third-order valence-electron chi connectivity index (χ3n) is 2.33. The molecule has 0 aliphatic carbocycles. The van der Waals surface area contributed by atoms with Crippen LogP contribution in [0.5, 0.6) is 0 Å². The molecule has 5 heteroatoms. The van der Waals surface area contributed by atoms with E-state index in [1.54, 1.807) is 12.3 Å². The second-order valence-electron chi connectivity index (χ2n) is 3.46. The topological polar surface area (TPSA) is 42.7 Å². The smallest absolute Gasteiger partial charge is 0.214 e. The Balaban J connectivity index is 1.87. The standard InChI is InChI=1S/C11H13FN4/c1-9-13-4-6-16(9)7-5-14-10-2-3-15-11(12)8-10/h2-4,6,8H,5,7H2,1H3,(H,14,15). The number of nitrogens with one attached hydrogen (secondary N) is 1. The zero-order valence-electron chi connectivity index (χ0n) is 9.02. The Labute approximate surface area is 93.2 Å². The van der Waals surface area contributed by atoms with Crippen LogP contribution in [0.4, 0.5) is 10.1 Å². The molecule has 16 heavy (non-hydrogen) atoms. The molecule has 0 atom stereocenters. The lowest BCUT2D eigenvalue weighted by atomic mass is 10.4. The highest BCUT2D eigenvalue weighted by atomic mass is 19.1. The Hall–Kier alpha value is -1.91. The Morgan fingerprint density at radius 3 is 2.94 bits per heavy atom. The molecule has 0 aromatic carbocycles. The third-order valence-corrected chi connectivity index (χ3v) is 2.33. The minimum Gasteiger partial charge on any atom is -0.383 e. The van der Waals surface area contributed by atoms with Gasteiger partial charge in [0.1, 0.15) is 5.82 Å². The van der Waals surface area contributed by atoms with Crippen LogP contribution in [0.15, 0.2) is 30.7 Å². The van der Waals surface area contributed by atoms with Crippen molar-refractivity contribution >= 4 is 5.69 Å². The number of aromatic nitrogens is 3. The van der Waals surface area contributed by atoms with Crippen LogP contribution in [0.25, 0.3) is 0 Å². The molecule has 2 aromatic heterocycles. The number of hydrogen-bond acceptors (Lipinski definition) is 3. The van der Waals surface area contributed by atoms with Crippen molar-refractivity contribution in [2.45, 2.75) is 13.5 Å². The van der Waals surface area contributed by atoms with Crippen LogP contribution in [-0.4, -0.2) is 21.1 Å². The molecule has 0 amide bonds. The first kappa shape index (κ1) is 10.6. The van der Waals surface area contributed by atoms with Crippen molar-refractivity contribution < 1.29 is 4.39 Å². The van der Waals surface area contributed by atoms with E-state index in [0.717, 1.165) is 24.6 Å². The molecule has 0 aliphatic rings. The summed E-state index contributed by atoms with van der Waals surface area (Å²) in [6, 6.07) is 3.12. The van der Waals surface area contributed by atoms with Crippen LogP contribution in [0.2, 0.25) is 0 Å². The maximum absolute atomic E-state index is 12.8. The van der Waals surface area contributed by atoms with Crippen LogP contribution in [0.3, 0.4) is 0 Å². The van der Waals surface area contributed by atoms with Crippen molar-refractivity contribution in [2.75, 3.05) is 11.9 Å². The Morgan fingerprint density at radius 1 is 1.38 bits per heavy atom. The van der Waals surface area contributed by atoms with Gasteiger partial charge in [-0.3, -0.25) is 0 Å². The fraction of sp³-hybridized carbons (Fsp3) is 0.273. The molecule has 4 nitrogen and oxygen atoms in total. The van der Waals surface area contributed by atoms with Gasteiger partial charge in [-0.25, -0.2) is 9.97 Å². The number of pyridine rings is 1. The molecule has 0 saturated heterocycles. The van der Waals surface area contributed by atoms with Gasteiger partial charge in [-0.2, -0.15) is 4.39 Å². The summed E-state index contributed by atoms with van der Waals surface area (Å²) in [4.78, 5) is 7.61. The maximum atomic E-state index is 12.8. The molecular weight excluding hydrogens is 207 g/mol. The fourth-order valence-corrected chi connectivity index (χ4v) is 1.47.